The van der Waals surface area contributed by atoms with Crippen LogP contribution in [0.2, 0.25) is 10.0 Å². The lowest BCUT2D eigenvalue weighted by Crippen LogP contribution is -2.32. The van der Waals surface area contributed by atoms with Crippen molar-refractivity contribution >= 4 is 41.6 Å². The molecule has 0 radical (unpaired) electrons. The molecule has 2 aromatic carbocycles. The summed E-state index contributed by atoms with van der Waals surface area (Å²) in [6.07, 6.45) is 1.94. The number of hydrogen-bond donors (Lipinski definition) is 2. The molecule has 0 unspecified atom stereocenters. The van der Waals surface area contributed by atoms with Crippen LogP contribution in [0.1, 0.15) is 22.6 Å². The summed E-state index contributed by atoms with van der Waals surface area (Å²) in [6.45, 7) is 7.29. The highest BCUT2D eigenvalue weighted by Crippen LogP contribution is 2.39. The van der Waals surface area contributed by atoms with E-state index in [1.165, 1.54) is 11.1 Å². The van der Waals surface area contributed by atoms with Gasteiger partial charge in [-0.25, -0.2) is 9.48 Å². The lowest BCUT2D eigenvalue weighted by Gasteiger charge is -2.33. The molecule has 0 saturated carbocycles. The Hall–Kier alpha value is -2.52. The van der Waals surface area contributed by atoms with E-state index in [4.69, 9.17) is 52.6 Å². The zero-order chi connectivity index (χ0) is 31.9. The summed E-state index contributed by atoms with van der Waals surface area (Å²) in [4.78, 5) is 12.8. The molecule has 0 fully saturated rings. The highest BCUT2D eigenvalue weighted by atomic mass is 35.5. The number of benzene rings is 2. The average molecular weight is 702 g/mol. The first-order valence-electron chi connectivity index (χ1n) is 15.0. The van der Waals surface area contributed by atoms with Crippen LogP contribution in [0.3, 0.4) is 0 Å². The molecule has 1 aliphatic heterocycles. The van der Waals surface area contributed by atoms with Crippen molar-refractivity contribution in [2.24, 2.45) is 5.73 Å². The number of aromatic nitrogens is 3. The fraction of sp³-hybridized carbons (Fsp3) is 0.516. The zero-order valence-electron chi connectivity index (χ0n) is 26.0. The molecule has 0 aliphatic carbocycles. The van der Waals surface area contributed by atoms with Gasteiger partial charge in [-0.1, -0.05) is 46.6 Å². The van der Waals surface area contributed by atoms with E-state index in [1.807, 2.05) is 24.4 Å². The summed E-state index contributed by atoms with van der Waals surface area (Å²) in [5.41, 5.74) is 10.3. The summed E-state index contributed by atoms with van der Waals surface area (Å²) < 4.78 is 29.2. The van der Waals surface area contributed by atoms with Gasteiger partial charge in [0.25, 0.3) is 0 Å². The van der Waals surface area contributed by atoms with Gasteiger partial charge in [0, 0.05) is 41.2 Å². The first-order chi connectivity index (χ1) is 21.9. The second-order valence-electron chi connectivity index (χ2n) is 10.5. The van der Waals surface area contributed by atoms with Crippen molar-refractivity contribution in [1.82, 2.24) is 25.2 Å². The van der Waals surface area contributed by atoms with Crippen molar-refractivity contribution < 1.29 is 28.5 Å². The molecule has 0 spiro atoms. The molecule has 0 bridgehead atoms. The van der Waals surface area contributed by atoms with Gasteiger partial charge in [-0.2, -0.15) is 0 Å². The largest absolute Gasteiger partial charge is 0.377 e. The quantitative estimate of drug-likeness (QED) is 0.168. The molecule has 1 aliphatic rings. The van der Waals surface area contributed by atoms with E-state index in [0.29, 0.717) is 89.2 Å². The summed E-state index contributed by atoms with van der Waals surface area (Å²) in [5.74, 6) is 0.156. The standard InChI is InChI=1S/C31H42Cl2N6O6.ClH/c1-38-20-27(26-18-25(32)19-29(33)28(26)21-38)23-3-2-4-24(17-23)30-22-39(37-36-30)6-8-42-10-12-44-14-16-45-15-13-43-11-9-41-7-5-35-31(34)40;/h2-4,17-19,22,27H,5-16,20-21H2,1H3,(H3,34,35,40);1H/t27-;/m0./s1. The number of nitrogens with two attached hydrogens (primary N) is 1. The average Bonchev–Trinajstić information content (AvgIpc) is 3.49. The van der Waals surface area contributed by atoms with Gasteiger partial charge in [-0.3, -0.25) is 0 Å². The fourth-order valence-electron chi connectivity index (χ4n) is 4.97. The molecule has 12 nitrogen and oxygen atoms in total. The summed E-state index contributed by atoms with van der Waals surface area (Å²) in [5, 5.41) is 12.5. The highest BCUT2D eigenvalue weighted by molar-refractivity contribution is 6.35. The monoisotopic (exact) mass is 700 g/mol. The van der Waals surface area contributed by atoms with Gasteiger partial charge in [-0.05, 0) is 41.9 Å². The number of urea groups is 1. The number of carbonyl (C=O) groups is 1. The van der Waals surface area contributed by atoms with Crippen LogP contribution in [-0.4, -0.2) is 112 Å². The maximum Gasteiger partial charge on any atom is 0.312 e. The van der Waals surface area contributed by atoms with E-state index >= 15 is 0 Å². The van der Waals surface area contributed by atoms with E-state index in [2.05, 4.69) is 45.8 Å². The molecule has 2 heterocycles. The van der Waals surface area contributed by atoms with Crippen LogP contribution in [0.15, 0.2) is 42.6 Å². The molecule has 3 N–H and O–H groups in total. The Bertz CT molecular complexity index is 1350. The summed E-state index contributed by atoms with van der Waals surface area (Å²) >= 11 is 12.9. The van der Waals surface area contributed by atoms with Gasteiger partial charge < -0.3 is 39.6 Å². The molecule has 1 atom stereocenters. The Labute approximate surface area is 286 Å². The number of hydrogen-bond acceptors (Lipinski definition) is 9. The number of amides is 2. The maximum atomic E-state index is 10.5. The second kappa shape index (κ2) is 20.7. The summed E-state index contributed by atoms with van der Waals surface area (Å²) in [7, 11) is 2.11. The molecule has 46 heavy (non-hydrogen) atoms. The Morgan fingerprint density at radius 2 is 1.57 bits per heavy atom. The van der Waals surface area contributed by atoms with E-state index in [1.54, 1.807) is 4.68 Å². The van der Waals surface area contributed by atoms with Crippen molar-refractivity contribution in [3.63, 3.8) is 0 Å². The highest BCUT2D eigenvalue weighted by Gasteiger charge is 2.27. The molecular formula is C31H43Cl3N6O6. The number of carbonyl (C=O) groups excluding carboxylic acids is 1. The predicted octanol–water partition coefficient (Wildman–Crippen LogP) is 4.00. The normalized spacial score (nSPS) is 14.5. The van der Waals surface area contributed by atoms with Crippen LogP contribution in [0.4, 0.5) is 4.79 Å². The molecule has 4 rings (SSSR count). The Balaban J connectivity index is 0.00000576. The van der Waals surface area contributed by atoms with Gasteiger partial charge in [0.1, 0.15) is 5.69 Å². The van der Waals surface area contributed by atoms with Crippen molar-refractivity contribution in [3.05, 3.63) is 69.3 Å². The van der Waals surface area contributed by atoms with Crippen LogP contribution in [0.5, 0.6) is 0 Å². The molecular weight excluding hydrogens is 659 g/mol. The number of rotatable bonds is 20. The molecule has 254 valence electrons. The van der Waals surface area contributed by atoms with Gasteiger partial charge in [0.2, 0.25) is 0 Å². The Morgan fingerprint density at radius 3 is 2.22 bits per heavy atom. The van der Waals surface area contributed by atoms with Crippen molar-refractivity contribution in [3.8, 4) is 11.3 Å². The molecule has 1 aromatic heterocycles. The van der Waals surface area contributed by atoms with Crippen molar-refractivity contribution in [2.75, 3.05) is 86.2 Å². The minimum absolute atomic E-state index is 0. The van der Waals surface area contributed by atoms with E-state index in [0.717, 1.165) is 29.9 Å². The number of fused-ring (bicyclic) bond motifs is 1. The smallest absolute Gasteiger partial charge is 0.312 e. The van der Waals surface area contributed by atoms with Crippen molar-refractivity contribution in [1.29, 1.82) is 0 Å². The van der Waals surface area contributed by atoms with Gasteiger partial charge in [-0.15, -0.1) is 17.5 Å². The number of nitrogens with zero attached hydrogens (tertiary/aromatic N) is 4. The van der Waals surface area contributed by atoms with E-state index in [-0.39, 0.29) is 18.3 Å². The number of nitrogens with one attached hydrogen (secondary N) is 1. The van der Waals surface area contributed by atoms with Crippen LogP contribution in [-0.2, 0) is 36.8 Å². The van der Waals surface area contributed by atoms with Crippen LogP contribution in [0, 0.1) is 0 Å². The summed E-state index contributed by atoms with van der Waals surface area (Å²) in [6, 6.07) is 11.7. The van der Waals surface area contributed by atoms with Crippen LogP contribution in [0.25, 0.3) is 11.3 Å². The minimum atomic E-state index is -0.562. The first kappa shape index (κ1) is 37.9. The lowest BCUT2D eigenvalue weighted by molar-refractivity contribution is -0.0113. The Morgan fingerprint density at radius 1 is 0.935 bits per heavy atom. The lowest BCUT2D eigenvalue weighted by atomic mass is 9.84. The fourth-order valence-corrected chi connectivity index (χ4v) is 5.54. The third-order valence-electron chi connectivity index (χ3n) is 7.11. The second-order valence-corrected chi connectivity index (χ2v) is 11.4. The van der Waals surface area contributed by atoms with Gasteiger partial charge in [0.05, 0.1) is 78.8 Å². The third kappa shape index (κ3) is 12.6. The van der Waals surface area contributed by atoms with E-state index < -0.39 is 6.03 Å². The third-order valence-corrected chi connectivity index (χ3v) is 7.67. The maximum absolute atomic E-state index is 10.5. The molecule has 0 saturated heterocycles. The Kier molecular flexibility index (Phi) is 17.0. The van der Waals surface area contributed by atoms with Crippen LogP contribution < -0.4 is 11.1 Å². The van der Waals surface area contributed by atoms with Crippen molar-refractivity contribution in [2.45, 2.75) is 19.0 Å². The zero-order valence-corrected chi connectivity index (χ0v) is 28.3. The number of halogens is 3. The first-order valence-corrected chi connectivity index (χ1v) is 15.7. The number of ether oxygens (including phenoxy) is 5. The van der Waals surface area contributed by atoms with E-state index in [9.17, 15) is 4.79 Å². The minimum Gasteiger partial charge on any atom is -0.377 e. The van der Waals surface area contributed by atoms with Gasteiger partial charge in [0.15, 0.2) is 0 Å². The SMILES string of the molecule is CN1Cc2c(Cl)cc(Cl)cc2[C@H](c2cccc(-c3cn(CCOCCOCCOCCOCCOCCNC(N)=O)nn3)c2)C1.Cl. The van der Waals surface area contributed by atoms with Crippen LogP contribution >= 0.6 is 35.6 Å². The topological polar surface area (TPSA) is 135 Å². The predicted molar refractivity (Wildman–Crippen MR) is 179 cm³/mol. The molecule has 15 heteroatoms. The van der Waals surface area contributed by atoms with Gasteiger partial charge >= 0.3 is 6.03 Å². The molecule has 2 amide bonds. The number of primary amides is 1. The molecule has 3 aromatic rings. The number of likely N-dealkylation sites (N-methyl/N-ethyl adjacent to an activating group) is 1.